The van der Waals surface area contributed by atoms with E-state index in [1.165, 1.54) is 6.33 Å². The summed E-state index contributed by atoms with van der Waals surface area (Å²) in [5, 5.41) is 0. The van der Waals surface area contributed by atoms with Crippen LogP contribution < -0.4 is 9.64 Å². The molecule has 0 spiro atoms. The summed E-state index contributed by atoms with van der Waals surface area (Å²) in [7, 11) is 0. The monoisotopic (exact) mass is 330 g/mol. The van der Waals surface area contributed by atoms with Crippen LogP contribution in [0.1, 0.15) is 31.2 Å². The third-order valence-electron chi connectivity index (χ3n) is 4.33. The number of nitrogens with zero attached hydrogens (tertiary/aromatic N) is 4. The molecule has 0 aliphatic carbocycles. The van der Waals surface area contributed by atoms with E-state index in [1.807, 2.05) is 36.9 Å². The molecule has 0 radical (unpaired) electrons. The van der Waals surface area contributed by atoms with Gasteiger partial charge in [-0.3, -0.25) is 0 Å². The molecule has 2 aromatic heterocycles. The van der Waals surface area contributed by atoms with Crippen molar-refractivity contribution < 1.29 is 9.13 Å². The molecular weight excluding hydrogens is 307 g/mol. The molecule has 1 unspecified atom stereocenters. The van der Waals surface area contributed by atoms with E-state index < -0.39 is 0 Å². The number of piperidine rings is 1. The highest BCUT2D eigenvalue weighted by atomic mass is 19.1. The molecule has 6 heteroatoms. The molecular formula is C18H23FN4O. The molecule has 0 N–H and O–H groups in total. The molecule has 1 atom stereocenters. The van der Waals surface area contributed by atoms with Crippen molar-refractivity contribution in [3.8, 4) is 5.88 Å². The zero-order valence-corrected chi connectivity index (χ0v) is 14.2. The summed E-state index contributed by atoms with van der Waals surface area (Å²) in [6.45, 7) is 5.98. The van der Waals surface area contributed by atoms with Crippen LogP contribution in [0.15, 0.2) is 24.5 Å². The van der Waals surface area contributed by atoms with Crippen LogP contribution in [0.25, 0.3) is 0 Å². The van der Waals surface area contributed by atoms with Gasteiger partial charge in [0.15, 0.2) is 11.6 Å². The summed E-state index contributed by atoms with van der Waals surface area (Å²) in [4.78, 5) is 14.5. The normalized spacial score (nSPS) is 17.8. The Labute approximate surface area is 141 Å². The lowest BCUT2D eigenvalue weighted by Gasteiger charge is -2.33. The molecule has 128 valence electrons. The first-order valence-corrected chi connectivity index (χ1v) is 8.48. The van der Waals surface area contributed by atoms with Gasteiger partial charge in [-0.25, -0.2) is 19.3 Å². The highest BCUT2D eigenvalue weighted by Crippen LogP contribution is 2.25. The van der Waals surface area contributed by atoms with E-state index in [2.05, 4.69) is 15.0 Å². The topological polar surface area (TPSA) is 51.1 Å². The quantitative estimate of drug-likeness (QED) is 0.843. The lowest BCUT2D eigenvalue weighted by Crippen LogP contribution is -2.39. The highest BCUT2D eigenvalue weighted by molar-refractivity contribution is 5.41. The predicted molar refractivity (Wildman–Crippen MR) is 90.8 cm³/mol. The number of aryl methyl sites for hydroxylation is 2. The minimum Gasteiger partial charge on any atom is -0.477 e. The van der Waals surface area contributed by atoms with Crippen molar-refractivity contribution in [2.24, 2.45) is 5.92 Å². The van der Waals surface area contributed by atoms with Gasteiger partial charge in [-0.05, 0) is 32.3 Å². The molecule has 1 saturated heterocycles. The summed E-state index contributed by atoms with van der Waals surface area (Å²) in [6, 6.07) is 5.75. The second kappa shape index (κ2) is 7.55. The Bertz CT molecular complexity index is 694. The molecule has 2 aromatic rings. The Balaban J connectivity index is 1.64. The van der Waals surface area contributed by atoms with Crippen molar-refractivity contribution in [2.75, 3.05) is 24.6 Å². The molecule has 1 aliphatic rings. The molecule has 0 bridgehead atoms. The van der Waals surface area contributed by atoms with Crippen LogP contribution in [0.2, 0.25) is 0 Å². The van der Waals surface area contributed by atoms with E-state index in [4.69, 9.17) is 4.74 Å². The van der Waals surface area contributed by atoms with Crippen molar-refractivity contribution >= 4 is 5.82 Å². The molecule has 1 fully saturated rings. The number of hydrogen-bond acceptors (Lipinski definition) is 5. The maximum absolute atomic E-state index is 14.5. The summed E-state index contributed by atoms with van der Waals surface area (Å²) < 4.78 is 20.3. The fourth-order valence-electron chi connectivity index (χ4n) is 3.06. The first-order chi connectivity index (χ1) is 11.7. The van der Waals surface area contributed by atoms with Gasteiger partial charge < -0.3 is 9.64 Å². The van der Waals surface area contributed by atoms with Crippen LogP contribution in [0.3, 0.4) is 0 Å². The molecule has 5 nitrogen and oxygen atoms in total. The standard InChI is InChI=1S/C18H23FN4O/c1-3-15-17(19)18(21-12-20-15)23-9-5-7-14(10-23)11-24-16-8-4-6-13(2)22-16/h4,6,8,12,14H,3,5,7,9-11H2,1-2H3. The van der Waals surface area contributed by atoms with E-state index >= 15 is 0 Å². The van der Waals surface area contributed by atoms with Crippen LogP contribution in [0.5, 0.6) is 5.88 Å². The maximum atomic E-state index is 14.5. The number of halogens is 1. The molecule has 1 aliphatic heterocycles. The molecule has 3 heterocycles. The molecule has 0 amide bonds. The third kappa shape index (κ3) is 3.80. The van der Waals surface area contributed by atoms with Crippen molar-refractivity contribution in [3.05, 3.63) is 41.7 Å². The minimum atomic E-state index is -0.290. The summed E-state index contributed by atoms with van der Waals surface area (Å²) >= 11 is 0. The Morgan fingerprint density at radius 2 is 2.21 bits per heavy atom. The highest BCUT2D eigenvalue weighted by Gasteiger charge is 2.24. The molecule has 0 saturated carbocycles. The fourth-order valence-corrected chi connectivity index (χ4v) is 3.06. The van der Waals surface area contributed by atoms with Gasteiger partial charge in [0.1, 0.15) is 6.33 Å². The van der Waals surface area contributed by atoms with Gasteiger partial charge in [0, 0.05) is 30.8 Å². The molecule has 0 aromatic carbocycles. The first-order valence-electron chi connectivity index (χ1n) is 8.48. The Morgan fingerprint density at radius 3 is 3.00 bits per heavy atom. The smallest absolute Gasteiger partial charge is 0.213 e. The lowest BCUT2D eigenvalue weighted by atomic mass is 9.99. The SMILES string of the molecule is CCc1ncnc(N2CCCC(COc3cccc(C)n3)C2)c1F. The van der Waals surface area contributed by atoms with Crippen LogP contribution in [0, 0.1) is 18.7 Å². The zero-order chi connectivity index (χ0) is 16.9. The zero-order valence-electron chi connectivity index (χ0n) is 14.2. The van der Waals surface area contributed by atoms with Gasteiger partial charge in [0.05, 0.1) is 12.3 Å². The van der Waals surface area contributed by atoms with Crippen LogP contribution in [-0.4, -0.2) is 34.6 Å². The Hall–Kier alpha value is -2.24. The first kappa shape index (κ1) is 16.6. The number of hydrogen-bond donors (Lipinski definition) is 0. The summed E-state index contributed by atoms with van der Waals surface area (Å²) in [5.41, 5.74) is 1.41. The van der Waals surface area contributed by atoms with Crippen molar-refractivity contribution in [3.63, 3.8) is 0 Å². The number of aromatic nitrogens is 3. The van der Waals surface area contributed by atoms with E-state index in [-0.39, 0.29) is 5.82 Å². The minimum absolute atomic E-state index is 0.290. The predicted octanol–water partition coefficient (Wildman–Crippen LogP) is 3.18. The number of pyridine rings is 1. The molecule has 3 rings (SSSR count). The summed E-state index contributed by atoms with van der Waals surface area (Å²) in [6.07, 6.45) is 4.09. The lowest BCUT2D eigenvalue weighted by molar-refractivity contribution is 0.221. The van der Waals surface area contributed by atoms with E-state index in [1.54, 1.807) is 0 Å². The van der Waals surface area contributed by atoms with E-state index in [0.29, 0.717) is 36.3 Å². The number of anilines is 1. The Kier molecular flexibility index (Phi) is 5.23. The summed E-state index contributed by atoms with van der Waals surface area (Å²) in [5.74, 6) is 1.11. The van der Waals surface area contributed by atoms with Gasteiger partial charge >= 0.3 is 0 Å². The van der Waals surface area contributed by atoms with Gasteiger partial charge in [-0.1, -0.05) is 13.0 Å². The number of rotatable bonds is 5. The Morgan fingerprint density at radius 1 is 1.33 bits per heavy atom. The van der Waals surface area contributed by atoms with Crippen LogP contribution in [0.4, 0.5) is 10.2 Å². The van der Waals surface area contributed by atoms with E-state index in [0.717, 1.165) is 31.6 Å². The fraction of sp³-hybridized carbons (Fsp3) is 0.500. The number of ether oxygens (including phenoxy) is 1. The van der Waals surface area contributed by atoms with Gasteiger partial charge in [-0.15, -0.1) is 0 Å². The van der Waals surface area contributed by atoms with Crippen LogP contribution >= 0.6 is 0 Å². The second-order valence-corrected chi connectivity index (χ2v) is 6.19. The van der Waals surface area contributed by atoms with E-state index in [9.17, 15) is 4.39 Å². The van der Waals surface area contributed by atoms with Gasteiger partial charge in [0.25, 0.3) is 0 Å². The van der Waals surface area contributed by atoms with Crippen molar-refractivity contribution in [2.45, 2.75) is 33.1 Å². The van der Waals surface area contributed by atoms with Crippen LogP contribution in [-0.2, 0) is 6.42 Å². The average Bonchev–Trinajstić information content (AvgIpc) is 2.60. The maximum Gasteiger partial charge on any atom is 0.213 e. The van der Waals surface area contributed by atoms with Gasteiger partial charge in [0.2, 0.25) is 5.88 Å². The third-order valence-corrected chi connectivity index (χ3v) is 4.33. The molecule has 24 heavy (non-hydrogen) atoms. The van der Waals surface area contributed by atoms with Gasteiger partial charge in [-0.2, -0.15) is 0 Å². The van der Waals surface area contributed by atoms with Crippen molar-refractivity contribution in [1.82, 2.24) is 15.0 Å². The largest absolute Gasteiger partial charge is 0.477 e. The van der Waals surface area contributed by atoms with Crippen molar-refractivity contribution in [1.29, 1.82) is 0 Å². The second-order valence-electron chi connectivity index (χ2n) is 6.19. The average molecular weight is 330 g/mol.